The van der Waals surface area contributed by atoms with E-state index < -0.39 is 41.1 Å². The Morgan fingerprint density at radius 1 is 1.33 bits per heavy atom. The molecule has 202 valence electrons. The van der Waals surface area contributed by atoms with Gasteiger partial charge in [-0.05, 0) is 45.4 Å². The maximum absolute atomic E-state index is 14.4. The second kappa shape index (κ2) is 11.1. The highest BCUT2D eigenvalue weighted by Crippen LogP contribution is 2.65. The number of likely N-dealkylation sites (tertiary alicyclic amines) is 1. The lowest BCUT2D eigenvalue weighted by Gasteiger charge is -2.41. The van der Waals surface area contributed by atoms with Gasteiger partial charge in [0.1, 0.15) is 17.6 Å². The summed E-state index contributed by atoms with van der Waals surface area (Å²) >= 11 is 0. The van der Waals surface area contributed by atoms with Crippen LogP contribution in [0.4, 0.5) is 0 Å². The van der Waals surface area contributed by atoms with Gasteiger partial charge in [0.05, 0.1) is 30.8 Å². The highest BCUT2D eigenvalue weighted by atomic mass is 16.6. The number of nitrogens with zero attached hydrogens (tertiary/aromatic N) is 2. The van der Waals surface area contributed by atoms with Crippen LogP contribution in [0.2, 0.25) is 0 Å². The first-order valence-corrected chi connectivity index (χ1v) is 13.4. The molecule has 2 bridgehead atoms. The molecule has 0 aromatic carbocycles. The van der Waals surface area contributed by atoms with Gasteiger partial charge >= 0.3 is 5.97 Å². The van der Waals surface area contributed by atoms with Gasteiger partial charge in [-0.1, -0.05) is 39.3 Å². The van der Waals surface area contributed by atoms with E-state index in [1.165, 1.54) is 4.90 Å². The molecule has 8 atom stereocenters. The van der Waals surface area contributed by atoms with E-state index in [4.69, 9.17) is 9.47 Å². The number of fused-ring (bicyclic) bond motifs is 1. The maximum atomic E-state index is 14.4. The quantitative estimate of drug-likeness (QED) is 0.235. The van der Waals surface area contributed by atoms with E-state index in [2.05, 4.69) is 20.1 Å². The first-order valence-electron chi connectivity index (χ1n) is 13.4. The summed E-state index contributed by atoms with van der Waals surface area (Å²) in [6.45, 7) is 17.6. The van der Waals surface area contributed by atoms with Crippen LogP contribution in [0, 0.1) is 17.8 Å². The molecule has 1 N–H and O–H groups in total. The molecule has 0 aromatic heterocycles. The van der Waals surface area contributed by atoms with E-state index >= 15 is 0 Å². The standard InChI is InChI=1S/C28H44N2O6/c1-8-12-15-35-26(34)22-21-24(32)30(20(11-4)17-31)23(28(21)16-18(5)27(22,7)36-28)25(33)29(14-10-3)19(6)13-9-2/h8,10,18-23,31H,1,3,9,11-17H2,2,4-7H3/t18?,19?,20-,21-,22-,23?,27+,28?/m0/s1. The predicted molar refractivity (Wildman–Crippen MR) is 137 cm³/mol. The lowest BCUT2D eigenvalue weighted by atomic mass is 9.62. The summed E-state index contributed by atoms with van der Waals surface area (Å²) in [5, 5.41) is 10.2. The summed E-state index contributed by atoms with van der Waals surface area (Å²) in [5.74, 6) is -2.72. The minimum Gasteiger partial charge on any atom is -0.465 e. The van der Waals surface area contributed by atoms with Crippen LogP contribution in [0.3, 0.4) is 0 Å². The molecule has 36 heavy (non-hydrogen) atoms. The van der Waals surface area contributed by atoms with Gasteiger partial charge in [0.2, 0.25) is 11.8 Å². The molecule has 0 aromatic rings. The molecular weight excluding hydrogens is 460 g/mol. The Kier molecular flexibility index (Phi) is 8.71. The topological polar surface area (TPSA) is 96.4 Å². The summed E-state index contributed by atoms with van der Waals surface area (Å²) in [5.41, 5.74) is -2.08. The molecule has 3 aliphatic heterocycles. The van der Waals surface area contributed by atoms with Crippen molar-refractivity contribution in [2.24, 2.45) is 17.8 Å². The Hall–Kier alpha value is -2.19. The normalized spacial score (nSPS) is 34.3. The first-order chi connectivity index (χ1) is 17.1. The molecule has 8 nitrogen and oxygen atoms in total. The molecule has 3 fully saturated rings. The van der Waals surface area contributed by atoms with E-state index in [1.807, 2.05) is 27.7 Å². The van der Waals surface area contributed by atoms with Crippen molar-refractivity contribution in [3.05, 3.63) is 25.3 Å². The number of esters is 1. The Morgan fingerprint density at radius 3 is 2.58 bits per heavy atom. The third-order valence-corrected chi connectivity index (χ3v) is 8.73. The van der Waals surface area contributed by atoms with Gasteiger partial charge < -0.3 is 24.4 Å². The molecule has 3 rings (SSSR count). The Labute approximate surface area is 215 Å². The van der Waals surface area contributed by atoms with E-state index in [0.717, 1.165) is 12.8 Å². The zero-order valence-electron chi connectivity index (χ0n) is 22.6. The molecule has 3 heterocycles. The average Bonchev–Trinajstić information content (AvgIpc) is 3.35. The van der Waals surface area contributed by atoms with Crippen molar-refractivity contribution < 1.29 is 29.0 Å². The van der Waals surface area contributed by atoms with Crippen molar-refractivity contribution in [2.75, 3.05) is 19.8 Å². The monoisotopic (exact) mass is 504 g/mol. The van der Waals surface area contributed by atoms with Crippen LogP contribution in [0.5, 0.6) is 0 Å². The fourth-order valence-electron chi connectivity index (χ4n) is 6.81. The SMILES string of the molecule is C=CCCOC(=O)[C@@H]1[C@H]2C(=O)N([C@@H](CC)CO)C(C(=O)N(CC=C)C(C)CCC)C23CC(C)[C@@]1(C)O3. The maximum Gasteiger partial charge on any atom is 0.312 e. The summed E-state index contributed by atoms with van der Waals surface area (Å²) in [6.07, 6.45) is 6.55. The second-order valence-corrected chi connectivity index (χ2v) is 10.9. The average molecular weight is 505 g/mol. The molecule has 0 aliphatic carbocycles. The minimum absolute atomic E-state index is 0.0617. The lowest BCUT2D eigenvalue weighted by Crippen LogP contribution is -2.60. The third-order valence-electron chi connectivity index (χ3n) is 8.73. The molecule has 8 heteroatoms. The van der Waals surface area contributed by atoms with E-state index in [-0.39, 0.29) is 37.0 Å². The number of aliphatic hydroxyl groups is 1. The largest absolute Gasteiger partial charge is 0.465 e. The van der Waals surface area contributed by atoms with Gasteiger partial charge in [-0.25, -0.2) is 0 Å². The molecule has 1 spiro atoms. The zero-order valence-corrected chi connectivity index (χ0v) is 22.6. The number of carbonyl (C=O) groups excluding carboxylic acids is 3. The van der Waals surface area contributed by atoms with E-state index in [9.17, 15) is 19.5 Å². The van der Waals surface area contributed by atoms with Crippen molar-refractivity contribution in [1.29, 1.82) is 0 Å². The van der Waals surface area contributed by atoms with Crippen molar-refractivity contribution >= 4 is 17.8 Å². The van der Waals surface area contributed by atoms with E-state index in [1.54, 1.807) is 17.1 Å². The summed E-state index contributed by atoms with van der Waals surface area (Å²) in [6, 6.07) is -1.54. The van der Waals surface area contributed by atoms with Crippen molar-refractivity contribution in [2.45, 2.75) is 96.1 Å². The molecule has 4 unspecified atom stereocenters. The predicted octanol–water partition coefficient (Wildman–Crippen LogP) is 3.09. The highest BCUT2D eigenvalue weighted by Gasteiger charge is 2.80. The number of amides is 2. The fourth-order valence-corrected chi connectivity index (χ4v) is 6.81. The second-order valence-electron chi connectivity index (χ2n) is 10.9. The van der Waals surface area contributed by atoms with Crippen molar-refractivity contribution in [3.63, 3.8) is 0 Å². The van der Waals surface area contributed by atoms with E-state index in [0.29, 0.717) is 25.8 Å². The Morgan fingerprint density at radius 2 is 2.03 bits per heavy atom. The molecule has 2 amide bonds. The van der Waals surface area contributed by atoms with Crippen LogP contribution < -0.4 is 0 Å². The number of aliphatic hydroxyl groups excluding tert-OH is 1. The number of hydrogen-bond acceptors (Lipinski definition) is 6. The molecule has 3 aliphatic rings. The fraction of sp³-hybridized carbons (Fsp3) is 0.750. The van der Waals surface area contributed by atoms with Crippen molar-refractivity contribution in [1.82, 2.24) is 9.80 Å². The van der Waals surface area contributed by atoms with Gasteiger partial charge in [-0.2, -0.15) is 0 Å². The van der Waals surface area contributed by atoms with Crippen LogP contribution in [-0.4, -0.2) is 81.8 Å². The molecule has 0 radical (unpaired) electrons. The summed E-state index contributed by atoms with van der Waals surface area (Å²) in [7, 11) is 0. The first kappa shape index (κ1) is 28.4. The summed E-state index contributed by atoms with van der Waals surface area (Å²) in [4.78, 5) is 45.2. The van der Waals surface area contributed by atoms with Crippen LogP contribution in [0.25, 0.3) is 0 Å². The minimum atomic E-state index is -1.15. The van der Waals surface area contributed by atoms with Gasteiger partial charge in [0, 0.05) is 12.6 Å². The molecular formula is C28H44N2O6. The van der Waals surface area contributed by atoms with Crippen LogP contribution in [-0.2, 0) is 23.9 Å². The van der Waals surface area contributed by atoms with Gasteiger partial charge in [-0.15, -0.1) is 13.2 Å². The van der Waals surface area contributed by atoms with Crippen LogP contribution >= 0.6 is 0 Å². The number of rotatable bonds is 13. The van der Waals surface area contributed by atoms with Crippen LogP contribution in [0.15, 0.2) is 25.3 Å². The molecule has 0 saturated carbocycles. The van der Waals surface area contributed by atoms with Gasteiger partial charge in [0.25, 0.3) is 0 Å². The third kappa shape index (κ3) is 4.30. The highest BCUT2D eigenvalue weighted by molar-refractivity contribution is 5.99. The van der Waals surface area contributed by atoms with Gasteiger partial charge in [0.15, 0.2) is 0 Å². The lowest BCUT2D eigenvalue weighted by molar-refractivity contribution is -0.164. The van der Waals surface area contributed by atoms with Gasteiger partial charge in [-0.3, -0.25) is 14.4 Å². The zero-order chi connectivity index (χ0) is 26.8. The Balaban J connectivity index is 2.12. The number of ether oxygens (including phenoxy) is 2. The summed E-state index contributed by atoms with van der Waals surface area (Å²) < 4.78 is 12.3. The Bertz CT molecular complexity index is 872. The van der Waals surface area contributed by atoms with Crippen LogP contribution in [0.1, 0.15) is 66.7 Å². The number of hydrogen-bond donors (Lipinski definition) is 1. The molecule has 3 saturated heterocycles. The van der Waals surface area contributed by atoms with Crippen molar-refractivity contribution in [3.8, 4) is 0 Å². The smallest absolute Gasteiger partial charge is 0.312 e. The number of carbonyl (C=O) groups is 3.